The van der Waals surface area contributed by atoms with Gasteiger partial charge in [0.15, 0.2) is 0 Å². The lowest BCUT2D eigenvalue weighted by molar-refractivity contribution is 0.201. The molecule has 0 saturated carbocycles. The van der Waals surface area contributed by atoms with Gasteiger partial charge in [-0.3, -0.25) is 0 Å². The second kappa shape index (κ2) is 5.12. The van der Waals surface area contributed by atoms with Crippen LogP contribution in [0.4, 0.5) is 0 Å². The Bertz CT molecular complexity index is 237. The lowest BCUT2D eigenvalue weighted by Crippen LogP contribution is -2.12. The zero-order valence-electron chi connectivity index (χ0n) is 6.79. The first-order valence-corrected chi connectivity index (χ1v) is 6.22. The summed E-state index contributed by atoms with van der Waals surface area (Å²) in [6.07, 6.45) is 2.47. The van der Waals surface area contributed by atoms with E-state index in [0.29, 0.717) is 0 Å². The highest BCUT2D eigenvalue weighted by Gasteiger charge is 2.06. The van der Waals surface area contributed by atoms with Crippen molar-refractivity contribution in [3.8, 4) is 0 Å². The van der Waals surface area contributed by atoms with Crippen molar-refractivity contribution >= 4 is 34.7 Å². The summed E-state index contributed by atoms with van der Waals surface area (Å²) in [4.78, 5) is 1.15. The van der Waals surface area contributed by atoms with Gasteiger partial charge in [-0.2, -0.15) is 11.8 Å². The van der Waals surface area contributed by atoms with Crippen molar-refractivity contribution in [2.75, 3.05) is 12.0 Å². The third-order valence-electron chi connectivity index (χ3n) is 1.42. The average molecular weight is 223 g/mol. The van der Waals surface area contributed by atoms with Crippen molar-refractivity contribution < 1.29 is 5.11 Å². The van der Waals surface area contributed by atoms with E-state index in [9.17, 15) is 5.11 Å². The van der Waals surface area contributed by atoms with E-state index in [4.69, 9.17) is 11.6 Å². The number of aliphatic hydroxyl groups is 1. The summed E-state index contributed by atoms with van der Waals surface area (Å²) in [6, 6.07) is 3.84. The van der Waals surface area contributed by atoms with Gasteiger partial charge in [-0.05, 0) is 18.4 Å². The van der Waals surface area contributed by atoms with E-state index in [2.05, 4.69) is 0 Å². The van der Waals surface area contributed by atoms with Crippen LogP contribution in [-0.2, 0) is 6.42 Å². The fourth-order valence-corrected chi connectivity index (χ4v) is 2.61. The highest BCUT2D eigenvalue weighted by molar-refractivity contribution is 7.98. The van der Waals surface area contributed by atoms with Crippen molar-refractivity contribution in [3.05, 3.63) is 21.3 Å². The third-order valence-corrected chi connectivity index (χ3v) is 3.40. The second-order valence-corrected chi connectivity index (χ2v) is 5.23. The predicted molar refractivity (Wildman–Crippen MR) is 57.4 cm³/mol. The monoisotopic (exact) mass is 222 g/mol. The van der Waals surface area contributed by atoms with Crippen LogP contribution >= 0.6 is 34.7 Å². The van der Waals surface area contributed by atoms with E-state index in [1.54, 1.807) is 11.8 Å². The molecule has 68 valence electrons. The molecule has 1 aromatic heterocycles. The number of aliphatic hydroxyl groups excluding tert-OH is 1. The normalized spacial score (nSPS) is 13.2. The van der Waals surface area contributed by atoms with E-state index < -0.39 is 0 Å². The summed E-state index contributed by atoms with van der Waals surface area (Å²) in [5, 5.41) is 9.45. The number of thioether (sulfide) groups is 1. The lowest BCUT2D eigenvalue weighted by atomic mass is 10.2. The molecule has 0 bridgehead atoms. The van der Waals surface area contributed by atoms with Gasteiger partial charge in [0.05, 0.1) is 10.4 Å². The van der Waals surface area contributed by atoms with Crippen LogP contribution < -0.4 is 0 Å². The van der Waals surface area contributed by atoms with Crippen LogP contribution in [-0.4, -0.2) is 23.2 Å². The molecule has 4 heteroatoms. The fraction of sp³-hybridized carbons (Fsp3) is 0.500. The molecule has 0 fully saturated rings. The third kappa shape index (κ3) is 3.35. The minimum atomic E-state index is -0.241. The van der Waals surface area contributed by atoms with Crippen molar-refractivity contribution in [1.29, 1.82) is 0 Å². The van der Waals surface area contributed by atoms with E-state index in [1.807, 2.05) is 18.4 Å². The molecule has 1 atom stereocenters. The fourth-order valence-electron chi connectivity index (χ4n) is 0.945. The van der Waals surface area contributed by atoms with Gasteiger partial charge in [-0.25, -0.2) is 0 Å². The SMILES string of the molecule is CSCC(O)Cc1ccc(Cl)s1. The molecule has 1 heterocycles. The van der Waals surface area contributed by atoms with E-state index in [-0.39, 0.29) is 6.10 Å². The first-order chi connectivity index (χ1) is 5.72. The predicted octanol–water partition coefficient (Wildman–Crippen LogP) is 2.67. The van der Waals surface area contributed by atoms with Crippen LogP contribution in [0.15, 0.2) is 12.1 Å². The second-order valence-electron chi connectivity index (χ2n) is 2.52. The molecule has 12 heavy (non-hydrogen) atoms. The van der Waals surface area contributed by atoms with Crippen LogP contribution in [0.1, 0.15) is 4.88 Å². The zero-order valence-corrected chi connectivity index (χ0v) is 9.18. The van der Waals surface area contributed by atoms with Gasteiger partial charge in [0.2, 0.25) is 0 Å². The largest absolute Gasteiger partial charge is 0.392 e. The lowest BCUT2D eigenvalue weighted by Gasteiger charge is -2.05. The summed E-state index contributed by atoms with van der Waals surface area (Å²) in [7, 11) is 0. The summed E-state index contributed by atoms with van der Waals surface area (Å²) >= 11 is 8.95. The molecule has 0 spiro atoms. The molecule has 0 amide bonds. The Hall–Kier alpha value is 0.300. The van der Waals surface area contributed by atoms with Crippen LogP contribution in [0.25, 0.3) is 0 Å². The van der Waals surface area contributed by atoms with Crippen molar-refractivity contribution in [2.45, 2.75) is 12.5 Å². The molecule has 1 aromatic rings. The Morgan fingerprint density at radius 3 is 2.92 bits per heavy atom. The van der Waals surface area contributed by atoms with Crippen molar-refractivity contribution in [3.63, 3.8) is 0 Å². The van der Waals surface area contributed by atoms with Crippen LogP contribution in [0, 0.1) is 0 Å². The van der Waals surface area contributed by atoms with Gasteiger partial charge in [0, 0.05) is 17.1 Å². The molecular formula is C8H11ClOS2. The topological polar surface area (TPSA) is 20.2 Å². The van der Waals surface area contributed by atoms with E-state index in [0.717, 1.165) is 21.4 Å². The Kier molecular flexibility index (Phi) is 4.43. The summed E-state index contributed by atoms with van der Waals surface area (Å²) < 4.78 is 0.793. The van der Waals surface area contributed by atoms with Gasteiger partial charge >= 0.3 is 0 Å². The maximum atomic E-state index is 9.45. The number of hydrogen-bond donors (Lipinski definition) is 1. The van der Waals surface area contributed by atoms with Gasteiger partial charge in [0.25, 0.3) is 0 Å². The maximum Gasteiger partial charge on any atom is 0.0931 e. The van der Waals surface area contributed by atoms with Gasteiger partial charge in [-0.15, -0.1) is 11.3 Å². The molecule has 0 saturated heterocycles. The highest BCUT2D eigenvalue weighted by atomic mass is 35.5. The molecule has 1 nitrogen and oxygen atoms in total. The molecule has 1 rings (SSSR count). The standard InChI is InChI=1S/C8H11ClOS2/c1-11-5-6(10)4-7-2-3-8(9)12-7/h2-3,6,10H,4-5H2,1H3. The first kappa shape index (κ1) is 10.4. The smallest absolute Gasteiger partial charge is 0.0931 e. The quantitative estimate of drug-likeness (QED) is 0.846. The van der Waals surface area contributed by atoms with Gasteiger partial charge < -0.3 is 5.11 Å². The van der Waals surface area contributed by atoms with Crippen LogP contribution in [0.2, 0.25) is 4.34 Å². The minimum absolute atomic E-state index is 0.241. The van der Waals surface area contributed by atoms with Gasteiger partial charge in [0.1, 0.15) is 0 Å². The molecule has 0 aliphatic carbocycles. The van der Waals surface area contributed by atoms with Crippen LogP contribution in [0.5, 0.6) is 0 Å². The Morgan fingerprint density at radius 1 is 1.67 bits per heavy atom. The number of rotatable bonds is 4. The Labute approximate surface area is 85.8 Å². The molecule has 0 aliphatic rings. The van der Waals surface area contributed by atoms with E-state index in [1.165, 1.54) is 11.3 Å². The number of hydrogen-bond acceptors (Lipinski definition) is 3. The van der Waals surface area contributed by atoms with Crippen molar-refractivity contribution in [1.82, 2.24) is 0 Å². The first-order valence-electron chi connectivity index (χ1n) is 3.63. The van der Waals surface area contributed by atoms with Gasteiger partial charge in [-0.1, -0.05) is 11.6 Å². The van der Waals surface area contributed by atoms with Crippen LogP contribution in [0.3, 0.4) is 0 Å². The molecule has 1 unspecified atom stereocenters. The number of thiophene rings is 1. The Balaban J connectivity index is 2.41. The summed E-state index contributed by atoms with van der Waals surface area (Å²) in [5.41, 5.74) is 0. The maximum absolute atomic E-state index is 9.45. The average Bonchev–Trinajstić information content (AvgIpc) is 2.36. The van der Waals surface area contributed by atoms with Crippen molar-refractivity contribution in [2.24, 2.45) is 0 Å². The molecule has 0 radical (unpaired) electrons. The summed E-state index contributed by atoms with van der Waals surface area (Å²) in [5.74, 6) is 0.787. The number of halogens is 1. The minimum Gasteiger partial charge on any atom is -0.392 e. The molecule has 0 aromatic carbocycles. The molecular weight excluding hydrogens is 212 g/mol. The zero-order chi connectivity index (χ0) is 8.97. The van der Waals surface area contributed by atoms with E-state index >= 15 is 0 Å². The molecule has 0 aliphatic heterocycles. The Morgan fingerprint density at radius 2 is 2.42 bits per heavy atom. The highest BCUT2D eigenvalue weighted by Crippen LogP contribution is 2.22. The summed E-state index contributed by atoms with van der Waals surface area (Å²) in [6.45, 7) is 0. The molecule has 1 N–H and O–H groups in total.